The first-order valence-electron chi connectivity index (χ1n) is 18.3. The van der Waals surface area contributed by atoms with Crippen molar-refractivity contribution < 1.29 is 13.9 Å². The Morgan fingerprint density at radius 3 is 1.55 bits per heavy atom. The Hall–Kier alpha value is -7.52. The number of hydrogen-bond acceptors (Lipinski definition) is 5. The Morgan fingerprint density at radius 2 is 1.05 bits per heavy atom. The second kappa shape index (κ2) is 14.0. The predicted octanol–water partition coefficient (Wildman–Crippen LogP) is 7.03. The van der Waals surface area contributed by atoms with Crippen LogP contribution in [0, 0.1) is 0 Å². The molecule has 8 bridgehead atoms. The summed E-state index contributed by atoms with van der Waals surface area (Å²) in [6.07, 6.45) is 30.2. The van der Waals surface area contributed by atoms with Crippen molar-refractivity contribution in [2.45, 2.75) is 0 Å². The standard InChI is InChI=1S/C47H37N8O/c1-5-43(56)48-34-8-6-30(7-9-34)44-35-10-12-37(49-35)45(31-18-24-53(2)25-19-31)39-14-16-41(51-39)47(33-22-28-55(4)29-23-33)42-17-15-40(52-42)46(38-13-11-36(44)50-38)32-20-26-54(3)27-21-32/h5-29H,1H2,2-4H3,(H-,48,49,50,51,52,56)/q+1/p+1. The number of benzene rings is 1. The molecule has 0 radical (unpaired) electrons. The fraction of sp³-hybridized carbons (Fsp3) is 0.0638. The lowest BCUT2D eigenvalue weighted by molar-refractivity contribution is -0.671. The number of pyridine rings is 2. The maximum atomic E-state index is 12.1. The minimum Gasteiger partial charge on any atom is -0.357 e. The van der Waals surface area contributed by atoms with Crippen LogP contribution in [0.4, 0.5) is 5.69 Å². The molecule has 0 spiro atoms. The number of carbonyl (C=O) groups excluding carboxylic acids is 1. The van der Waals surface area contributed by atoms with E-state index in [1.807, 2.05) is 96.6 Å². The third-order valence-electron chi connectivity index (χ3n) is 10.1. The molecule has 0 fully saturated rings. The van der Waals surface area contributed by atoms with E-state index in [1.54, 1.807) is 0 Å². The number of allylic oxidation sites excluding steroid dienone is 11. The molecule has 4 aromatic rings. The second-order valence-electron chi connectivity index (χ2n) is 14.0. The lowest BCUT2D eigenvalue weighted by atomic mass is 9.97. The van der Waals surface area contributed by atoms with Gasteiger partial charge in [0.15, 0.2) is 24.8 Å². The summed E-state index contributed by atoms with van der Waals surface area (Å²) in [7, 11) is 6.03. The number of aliphatic imine (C=N–C) groups is 3. The fourth-order valence-corrected chi connectivity index (χ4v) is 7.26. The van der Waals surface area contributed by atoms with E-state index in [4.69, 9.17) is 15.0 Å². The third-order valence-corrected chi connectivity index (χ3v) is 10.1. The number of nitrogens with one attached hydrogen (secondary N) is 2. The van der Waals surface area contributed by atoms with Crippen LogP contribution in [-0.2, 0) is 18.9 Å². The van der Waals surface area contributed by atoms with E-state index in [2.05, 4.69) is 102 Å². The summed E-state index contributed by atoms with van der Waals surface area (Å²) in [6, 6.07) is 20.4. The average Bonchev–Trinajstić information content (AvgIpc) is 4.05. The zero-order valence-electron chi connectivity index (χ0n) is 31.2. The number of hydrogen-bond donors (Lipinski definition) is 2. The molecule has 1 amide bonds. The number of rotatable bonds is 5. The second-order valence-corrected chi connectivity index (χ2v) is 14.0. The molecular formula is C47H38N8O+2. The molecule has 9 rings (SSSR count). The molecule has 0 unspecified atom stereocenters. The monoisotopic (exact) mass is 730 g/mol. The zero-order chi connectivity index (χ0) is 38.3. The van der Waals surface area contributed by atoms with Crippen LogP contribution in [0.15, 0.2) is 202 Å². The SMILES string of the molecule is C=CC(=O)Nc1ccc(C2=C3C=CC(=N3)C(c3cc[n+](C)cc3)=C3C=CC(=N3)C(=C3C=CN(C)C=C3)C3=NC(=C(c4cc[n+](C)cc4)c4ccc2[nH]4)C=C3)cc1. The summed E-state index contributed by atoms with van der Waals surface area (Å²) in [6.45, 7) is 3.59. The molecule has 270 valence electrons. The van der Waals surface area contributed by atoms with Crippen LogP contribution in [0.1, 0.15) is 28.1 Å². The molecule has 5 aliphatic rings. The maximum absolute atomic E-state index is 12.1. The van der Waals surface area contributed by atoms with E-state index in [9.17, 15) is 4.79 Å². The van der Waals surface area contributed by atoms with Crippen LogP contribution in [0.2, 0.25) is 0 Å². The molecule has 0 aliphatic carbocycles. The number of fused-ring (bicyclic) bond motifs is 5. The minimum atomic E-state index is -0.266. The normalized spacial score (nSPS) is 17.0. The van der Waals surface area contributed by atoms with Crippen LogP contribution in [0.3, 0.4) is 0 Å². The van der Waals surface area contributed by atoms with Gasteiger partial charge in [-0.15, -0.1) is 0 Å². The summed E-state index contributed by atoms with van der Waals surface area (Å²) in [5, 5.41) is 2.86. The first-order valence-corrected chi connectivity index (χ1v) is 18.3. The highest BCUT2D eigenvalue weighted by molar-refractivity contribution is 6.36. The molecule has 2 N–H and O–H groups in total. The Morgan fingerprint density at radius 1 is 0.607 bits per heavy atom. The number of H-pyrrole nitrogens is 1. The number of nitrogens with zero attached hydrogens (tertiary/aromatic N) is 6. The Kier molecular flexibility index (Phi) is 8.59. The summed E-state index contributed by atoms with van der Waals surface area (Å²) >= 11 is 0. The topological polar surface area (TPSA) is 93.0 Å². The molecule has 8 heterocycles. The quantitative estimate of drug-likeness (QED) is 0.171. The largest absolute Gasteiger partial charge is 0.357 e. The summed E-state index contributed by atoms with van der Waals surface area (Å²) in [5.74, 6) is -0.266. The number of amides is 1. The van der Waals surface area contributed by atoms with Crippen molar-refractivity contribution in [2.75, 3.05) is 12.4 Å². The van der Waals surface area contributed by atoms with Crippen LogP contribution in [0.25, 0.3) is 16.7 Å². The van der Waals surface area contributed by atoms with Crippen LogP contribution >= 0.6 is 0 Å². The molecule has 5 aliphatic heterocycles. The van der Waals surface area contributed by atoms with Gasteiger partial charge in [0.25, 0.3) is 0 Å². The van der Waals surface area contributed by atoms with Gasteiger partial charge >= 0.3 is 0 Å². The molecule has 9 nitrogen and oxygen atoms in total. The number of aryl methyl sites for hydroxylation is 2. The lowest BCUT2D eigenvalue weighted by Gasteiger charge is -2.16. The van der Waals surface area contributed by atoms with Gasteiger partial charge in [0.05, 0.1) is 34.2 Å². The third kappa shape index (κ3) is 6.41. The van der Waals surface area contributed by atoms with E-state index >= 15 is 0 Å². The van der Waals surface area contributed by atoms with Crippen molar-refractivity contribution in [3.63, 3.8) is 0 Å². The number of aromatic nitrogens is 3. The Balaban J connectivity index is 1.33. The van der Waals surface area contributed by atoms with Gasteiger partial charge in [0.1, 0.15) is 14.1 Å². The van der Waals surface area contributed by atoms with Crippen molar-refractivity contribution in [2.24, 2.45) is 29.1 Å². The van der Waals surface area contributed by atoms with E-state index in [0.717, 1.165) is 90.2 Å². The molecular weight excluding hydrogens is 693 g/mol. The first kappa shape index (κ1) is 34.3. The summed E-state index contributed by atoms with van der Waals surface area (Å²) in [4.78, 5) is 34.0. The van der Waals surface area contributed by atoms with Crippen molar-refractivity contribution >= 4 is 45.4 Å². The van der Waals surface area contributed by atoms with Crippen molar-refractivity contribution in [3.05, 3.63) is 215 Å². The van der Waals surface area contributed by atoms with Crippen molar-refractivity contribution in [3.8, 4) is 0 Å². The maximum Gasteiger partial charge on any atom is 0.247 e. The molecule has 0 saturated carbocycles. The van der Waals surface area contributed by atoms with E-state index in [1.165, 1.54) is 6.08 Å². The highest BCUT2D eigenvalue weighted by atomic mass is 16.1. The van der Waals surface area contributed by atoms with Gasteiger partial charge in [-0.1, -0.05) is 18.7 Å². The van der Waals surface area contributed by atoms with Crippen molar-refractivity contribution in [1.82, 2.24) is 9.88 Å². The molecule has 1 aromatic carbocycles. The van der Waals surface area contributed by atoms with Gasteiger partial charge in [0.2, 0.25) is 5.91 Å². The highest BCUT2D eigenvalue weighted by Gasteiger charge is 2.27. The van der Waals surface area contributed by atoms with Crippen LogP contribution < -0.4 is 14.5 Å². The molecule has 0 atom stereocenters. The number of carbonyl (C=O) groups is 1. The molecule has 56 heavy (non-hydrogen) atoms. The van der Waals surface area contributed by atoms with E-state index < -0.39 is 0 Å². The number of aromatic amines is 1. The van der Waals surface area contributed by atoms with Gasteiger partial charge in [-0.05, 0) is 101 Å². The minimum absolute atomic E-state index is 0.266. The van der Waals surface area contributed by atoms with Gasteiger partial charge in [-0.3, -0.25) is 4.79 Å². The fourth-order valence-electron chi connectivity index (χ4n) is 7.26. The molecule has 3 aromatic heterocycles. The smallest absolute Gasteiger partial charge is 0.247 e. The van der Waals surface area contributed by atoms with Gasteiger partial charge < -0.3 is 15.2 Å². The molecule has 0 saturated heterocycles. The van der Waals surface area contributed by atoms with Gasteiger partial charge in [0, 0.05) is 83.1 Å². The highest BCUT2D eigenvalue weighted by Crippen LogP contribution is 2.38. The molecule has 9 heteroatoms. The zero-order valence-corrected chi connectivity index (χ0v) is 31.2. The Labute approximate surface area is 325 Å². The number of anilines is 1. The van der Waals surface area contributed by atoms with Gasteiger partial charge in [-0.25, -0.2) is 24.1 Å². The van der Waals surface area contributed by atoms with Gasteiger partial charge in [-0.2, -0.15) is 0 Å². The van der Waals surface area contributed by atoms with E-state index in [0.29, 0.717) is 5.69 Å². The first-order chi connectivity index (χ1) is 27.3. The predicted molar refractivity (Wildman–Crippen MR) is 223 cm³/mol. The van der Waals surface area contributed by atoms with Crippen LogP contribution in [-0.4, -0.2) is 40.0 Å². The average molecular weight is 731 g/mol. The van der Waals surface area contributed by atoms with Crippen LogP contribution in [0.5, 0.6) is 0 Å². The summed E-state index contributed by atoms with van der Waals surface area (Å²) in [5.41, 5.74) is 15.1. The lowest BCUT2D eigenvalue weighted by Crippen LogP contribution is -2.26. The Bertz CT molecular complexity index is 2720. The van der Waals surface area contributed by atoms with E-state index in [-0.39, 0.29) is 5.91 Å². The van der Waals surface area contributed by atoms with Crippen molar-refractivity contribution in [1.29, 1.82) is 0 Å². The summed E-state index contributed by atoms with van der Waals surface area (Å²) < 4.78 is 4.04.